The second kappa shape index (κ2) is 7.40. The lowest BCUT2D eigenvalue weighted by molar-refractivity contribution is 0.130. The first-order valence-electron chi connectivity index (χ1n) is 9.16. The van der Waals surface area contributed by atoms with Crippen LogP contribution < -0.4 is 5.56 Å². The summed E-state index contributed by atoms with van der Waals surface area (Å²) in [5.41, 5.74) is 4.06. The SMILES string of the molecule is O=c1cc(CN(CCO)[C@H]2CCCc3ccccc32)nc2ccccn12. The van der Waals surface area contributed by atoms with Crippen LogP contribution in [0, 0.1) is 0 Å². The first-order valence-corrected chi connectivity index (χ1v) is 9.16. The van der Waals surface area contributed by atoms with Gasteiger partial charge in [0.1, 0.15) is 5.65 Å². The molecule has 0 aliphatic heterocycles. The number of nitrogens with zero attached hydrogens (tertiary/aromatic N) is 3. The van der Waals surface area contributed by atoms with Crippen molar-refractivity contribution in [1.29, 1.82) is 0 Å². The Balaban J connectivity index is 1.67. The van der Waals surface area contributed by atoms with Gasteiger partial charge in [-0.3, -0.25) is 14.1 Å². The Bertz CT molecular complexity index is 967. The summed E-state index contributed by atoms with van der Waals surface area (Å²) in [6, 6.07) is 16.0. The van der Waals surface area contributed by atoms with E-state index in [0.717, 1.165) is 25.0 Å². The van der Waals surface area contributed by atoms with Gasteiger partial charge in [-0.2, -0.15) is 0 Å². The molecule has 0 saturated heterocycles. The molecule has 1 N–H and O–H groups in total. The zero-order chi connectivity index (χ0) is 17.9. The highest BCUT2D eigenvalue weighted by Crippen LogP contribution is 2.34. The molecule has 1 aromatic carbocycles. The number of hydrogen-bond donors (Lipinski definition) is 1. The minimum absolute atomic E-state index is 0.0707. The molecule has 3 aromatic rings. The fraction of sp³-hybridized carbons (Fsp3) is 0.333. The molecule has 5 heteroatoms. The monoisotopic (exact) mass is 349 g/mol. The van der Waals surface area contributed by atoms with Crippen molar-refractivity contribution in [3.63, 3.8) is 0 Å². The van der Waals surface area contributed by atoms with E-state index in [1.807, 2.05) is 18.2 Å². The van der Waals surface area contributed by atoms with Crippen LogP contribution in [0.25, 0.3) is 5.65 Å². The third kappa shape index (κ3) is 3.28. The second-order valence-electron chi connectivity index (χ2n) is 6.82. The molecule has 26 heavy (non-hydrogen) atoms. The van der Waals surface area contributed by atoms with E-state index in [9.17, 15) is 9.90 Å². The van der Waals surface area contributed by atoms with Crippen molar-refractivity contribution in [2.75, 3.05) is 13.2 Å². The van der Waals surface area contributed by atoms with Gasteiger partial charge in [0.2, 0.25) is 0 Å². The van der Waals surface area contributed by atoms with Crippen LogP contribution in [-0.2, 0) is 13.0 Å². The summed E-state index contributed by atoms with van der Waals surface area (Å²) in [4.78, 5) is 19.3. The maximum absolute atomic E-state index is 12.4. The Morgan fingerprint density at radius 2 is 2.04 bits per heavy atom. The number of aryl methyl sites for hydroxylation is 1. The number of aromatic nitrogens is 2. The van der Waals surface area contributed by atoms with Gasteiger partial charge in [-0.05, 0) is 42.5 Å². The predicted octanol–water partition coefficient (Wildman–Crippen LogP) is 2.57. The molecule has 0 fully saturated rings. The molecule has 0 saturated carbocycles. The normalized spacial score (nSPS) is 16.8. The van der Waals surface area contributed by atoms with Gasteiger partial charge in [0.25, 0.3) is 5.56 Å². The van der Waals surface area contributed by atoms with Gasteiger partial charge in [-0.15, -0.1) is 0 Å². The maximum Gasteiger partial charge on any atom is 0.258 e. The Labute approximate surface area is 152 Å². The molecule has 0 spiro atoms. The highest BCUT2D eigenvalue weighted by Gasteiger charge is 2.26. The first kappa shape index (κ1) is 16.9. The summed E-state index contributed by atoms with van der Waals surface area (Å²) in [5, 5.41) is 9.59. The van der Waals surface area contributed by atoms with Crippen molar-refractivity contribution >= 4 is 5.65 Å². The molecule has 134 valence electrons. The lowest BCUT2D eigenvalue weighted by Gasteiger charge is -2.35. The Hall–Kier alpha value is -2.50. The summed E-state index contributed by atoms with van der Waals surface area (Å²) < 4.78 is 1.55. The fourth-order valence-corrected chi connectivity index (χ4v) is 3.97. The number of aliphatic hydroxyl groups excluding tert-OH is 1. The van der Waals surface area contributed by atoms with Crippen LogP contribution >= 0.6 is 0 Å². The zero-order valence-corrected chi connectivity index (χ0v) is 14.7. The molecule has 0 unspecified atom stereocenters. The van der Waals surface area contributed by atoms with Crippen molar-refractivity contribution in [2.45, 2.75) is 31.8 Å². The lowest BCUT2D eigenvalue weighted by atomic mass is 9.86. The molecular weight excluding hydrogens is 326 g/mol. The van der Waals surface area contributed by atoms with Gasteiger partial charge in [0.05, 0.1) is 12.3 Å². The number of benzene rings is 1. The maximum atomic E-state index is 12.4. The van der Waals surface area contributed by atoms with Gasteiger partial charge in [-0.25, -0.2) is 4.98 Å². The average molecular weight is 349 g/mol. The van der Waals surface area contributed by atoms with Crippen LogP contribution in [0.4, 0.5) is 0 Å². The van der Waals surface area contributed by atoms with Crippen LogP contribution in [0.2, 0.25) is 0 Å². The molecule has 2 aromatic heterocycles. The van der Waals surface area contributed by atoms with Gasteiger partial charge in [0, 0.05) is 31.4 Å². The van der Waals surface area contributed by atoms with E-state index in [2.05, 4.69) is 34.1 Å². The summed E-state index contributed by atoms with van der Waals surface area (Å²) in [5.74, 6) is 0. The quantitative estimate of drug-likeness (QED) is 0.769. The zero-order valence-electron chi connectivity index (χ0n) is 14.7. The first-order chi connectivity index (χ1) is 12.8. The number of hydrogen-bond acceptors (Lipinski definition) is 4. The van der Waals surface area contributed by atoms with Crippen molar-refractivity contribution in [3.05, 3.63) is 81.9 Å². The Kier molecular flexibility index (Phi) is 4.82. The molecule has 2 heterocycles. The van der Waals surface area contributed by atoms with Crippen LogP contribution in [0.15, 0.2) is 59.5 Å². The van der Waals surface area contributed by atoms with Crippen LogP contribution in [-0.4, -0.2) is 32.5 Å². The van der Waals surface area contributed by atoms with Gasteiger partial charge in [-0.1, -0.05) is 30.3 Å². The molecule has 0 bridgehead atoms. The van der Waals surface area contributed by atoms with E-state index >= 15 is 0 Å². The Morgan fingerprint density at radius 1 is 1.19 bits per heavy atom. The molecule has 1 aliphatic carbocycles. The molecule has 0 amide bonds. The van der Waals surface area contributed by atoms with Crippen molar-refractivity contribution in [1.82, 2.24) is 14.3 Å². The van der Waals surface area contributed by atoms with Gasteiger partial charge >= 0.3 is 0 Å². The van der Waals surface area contributed by atoms with E-state index in [4.69, 9.17) is 0 Å². The van der Waals surface area contributed by atoms with Crippen LogP contribution in [0.1, 0.15) is 35.7 Å². The topological polar surface area (TPSA) is 57.8 Å². The molecule has 0 radical (unpaired) electrons. The van der Waals surface area contributed by atoms with E-state index in [0.29, 0.717) is 18.7 Å². The smallest absolute Gasteiger partial charge is 0.258 e. The summed E-state index contributed by atoms with van der Waals surface area (Å²) in [7, 11) is 0. The average Bonchev–Trinajstić information content (AvgIpc) is 2.67. The minimum atomic E-state index is -0.0707. The van der Waals surface area contributed by atoms with Crippen molar-refractivity contribution < 1.29 is 5.11 Å². The summed E-state index contributed by atoms with van der Waals surface area (Å²) in [6.45, 7) is 1.21. The number of rotatable bonds is 5. The molecule has 1 atom stereocenters. The molecule has 1 aliphatic rings. The van der Waals surface area contributed by atoms with E-state index < -0.39 is 0 Å². The fourth-order valence-electron chi connectivity index (χ4n) is 3.97. The summed E-state index contributed by atoms with van der Waals surface area (Å²) >= 11 is 0. The Morgan fingerprint density at radius 3 is 2.92 bits per heavy atom. The third-order valence-corrected chi connectivity index (χ3v) is 5.15. The highest BCUT2D eigenvalue weighted by atomic mass is 16.3. The second-order valence-corrected chi connectivity index (χ2v) is 6.82. The third-order valence-electron chi connectivity index (χ3n) is 5.15. The van der Waals surface area contributed by atoms with Crippen molar-refractivity contribution in [3.8, 4) is 0 Å². The van der Waals surface area contributed by atoms with Gasteiger partial charge < -0.3 is 5.11 Å². The number of pyridine rings is 1. The van der Waals surface area contributed by atoms with Crippen LogP contribution in [0.3, 0.4) is 0 Å². The van der Waals surface area contributed by atoms with E-state index in [1.54, 1.807) is 16.7 Å². The van der Waals surface area contributed by atoms with E-state index in [1.165, 1.54) is 11.1 Å². The van der Waals surface area contributed by atoms with Crippen LogP contribution in [0.5, 0.6) is 0 Å². The molecule has 5 nitrogen and oxygen atoms in total. The summed E-state index contributed by atoms with van der Waals surface area (Å²) in [6.07, 6.45) is 5.04. The lowest BCUT2D eigenvalue weighted by Crippen LogP contribution is -2.34. The minimum Gasteiger partial charge on any atom is -0.395 e. The van der Waals surface area contributed by atoms with Gasteiger partial charge in [0.15, 0.2) is 0 Å². The highest BCUT2D eigenvalue weighted by molar-refractivity contribution is 5.38. The number of fused-ring (bicyclic) bond motifs is 2. The standard InChI is InChI=1S/C21H23N3O2/c25-13-12-23(19-9-5-7-16-6-1-2-8-18(16)19)15-17-14-21(26)24-11-4-3-10-20(24)22-17/h1-4,6,8,10-11,14,19,25H,5,7,9,12-13,15H2/t19-/m0/s1. The molecule has 4 rings (SSSR count). The predicted molar refractivity (Wildman–Crippen MR) is 101 cm³/mol. The van der Waals surface area contributed by atoms with E-state index in [-0.39, 0.29) is 18.2 Å². The largest absolute Gasteiger partial charge is 0.395 e. The molecular formula is C21H23N3O2. The number of aliphatic hydroxyl groups is 1. The van der Waals surface area contributed by atoms with Crippen molar-refractivity contribution in [2.24, 2.45) is 0 Å².